The van der Waals surface area contributed by atoms with Gasteiger partial charge in [-0.3, -0.25) is 9.59 Å². The number of rotatable bonds is 8. The maximum atomic E-state index is 12.3. The lowest BCUT2D eigenvalue weighted by atomic mass is 10.1. The Morgan fingerprint density at radius 3 is 2.54 bits per heavy atom. The van der Waals surface area contributed by atoms with Gasteiger partial charge in [0.2, 0.25) is 5.91 Å². The van der Waals surface area contributed by atoms with Crippen LogP contribution in [0.5, 0.6) is 11.5 Å². The molecule has 0 aliphatic carbocycles. The second-order valence-electron chi connectivity index (χ2n) is 5.88. The van der Waals surface area contributed by atoms with Crippen molar-refractivity contribution in [3.05, 3.63) is 59.7 Å². The quantitative estimate of drug-likeness (QED) is 0.319. The second kappa shape index (κ2) is 9.42. The van der Waals surface area contributed by atoms with Crippen LogP contribution in [0.15, 0.2) is 48.5 Å². The summed E-state index contributed by atoms with van der Waals surface area (Å²) in [5.41, 5.74) is 1.44. The summed E-state index contributed by atoms with van der Waals surface area (Å²) in [5.74, 6) is 0.0693. The fraction of sp³-hybridized carbons (Fsp3) is 0.238. The molecule has 0 saturated carbocycles. The third-order valence-electron chi connectivity index (χ3n) is 3.66. The molecule has 2 N–H and O–H groups in total. The molecule has 2 aromatic carbocycles. The van der Waals surface area contributed by atoms with Crippen LogP contribution in [0.4, 0.5) is 5.69 Å². The van der Waals surface area contributed by atoms with Gasteiger partial charge < -0.3 is 15.2 Å². The third kappa shape index (κ3) is 5.77. The van der Waals surface area contributed by atoms with E-state index in [0.29, 0.717) is 12.3 Å². The van der Waals surface area contributed by atoms with Crippen molar-refractivity contribution in [1.82, 2.24) is 0 Å². The Bertz CT molecular complexity index is 794. The zero-order valence-corrected chi connectivity index (χ0v) is 15.0. The largest absolute Gasteiger partial charge is 0.507 e. The Kier molecular flexibility index (Phi) is 6.97. The Morgan fingerprint density at radius 1 is 1.15 bits per heavy atom. The molecular formula is C21H23NO4. The Hall–Kier alpha value is -3.08. The summed E-state index contributed by atoms with van der Waals surface area (Å²) in [6.45, 7) is 4.18. The van der Waals surface area contributed by atoms with Crippen LogP contribution in [0.3, 0.4) is 0 Å². The molecule has 5 heteroatoms. The predicted molar refractivity (Wildman–Crippen MR) is 103 cm³/mol. The van der Waals surface area contributed by atoms with Gasteiger partial charge in [0.25, 0.3) is 0 Å². The van der Waals surface area contributed by atoms with E-state index in [9.17, 15) is 14.7 Å². The number of nitrogens with one attached hydrogen (secondary N) is 1. The number of allylic oxidation sites excluding steroid dienone is 1. The van der Waals surface area contributed by atoms with Crippen molar-refractivity contribution in [2.24, 2.45) is 0 Å². The first kappa shape index (κ1) is 19.2. The summed E-state index contributed by atoms with van der Waals surface area (Å²) < 4.78 is 5.60. The van der Waals surface area contributed by atoms with Gasteiger partial charge in [-0.2, -0.15) is 0 Å². The van der Waals surface area contributed by atoms with Gasteiger partial charge in [0, 0.05) is 12.6 Å². The fourth-order valence-electron chi connectivity index (χ4n) is 2.29. The van der Waals surface area contributed by atoms with Gasteiger partial charge in [-0.1, -0.05) is 31.6 Å². The number of phenolic OH excluding ortho intramolecular Hbond substituents is 1. The van der Waals surface area contributed by atoms with Crippen molar-refractivity contribution in [3.8, 4) is 11.5 Å². The van der Waals surface area contributed by atoms with Gasteiger partial charge >= 0.3 is 0 Å². The number of carbonyl (C=O) groups is 2. The minimum atomic E-state index is -0.349. The van der Waals surface area contributed by atoms with E-state index in [1.54, 1.807) is 6.08 Å². The summed E-state index contributed by atoms with van der Waals surface area (Å²) in [7, 11) is 0. The van der Waals surface area contributed by atoms with Crippen molar-refractivity contribution in [2.45, 2.75) is 26.7 Å². The molecule has 0 aliphatic rings. The summed E-state index contributed by atoms with van der Waals surface area (Å²) in [5, 5.41) is 12.5. The highest BCUT2D eigenvalue weighted by atomic mass is 16.5. The van der Waals surface area contributed by atoms with Crippen LogP contribution in [0.25, 0.3) is 6.08 Å². The average Bonchev–Trinajstić information content (AvgIpc) is 2.62. The fourth-order valence-corrected chi connectivity index (χ4v) is 2.29. The molecule has 0 bridgehead atoms. The van der Waals surface area contributed by atoms with Gasteiger partial charge in [-0.15, -0.1) is 0 Å². The molecule has 136 valence electrons. The summed E-state index contributed by atoms with van der Waals surface area (Å²) in [4.78, 5) is 23.5. The maximum absolute atomic E-state index is 12.3. The topological polar surface area (TPSA) is 75.6 Å². The number of ether oxygens (including phenoxy) is 1. The zero-order chi connectivity index (χ0) is 18.9. The monoisotopic (exact) mass is 353 g/mol. The molecule has 0 fully saturated rings. The van der Waals surface area contributed by atoms with Crippen molar-refractivity contribution < 1.29 is 19.4 Å². The van der Waals surface area contributed by atoms with Crippen LogP contribution in [0, 0.1) is 0 Å². The molecule has 0 heterocycles. The molecule has 0 radical (unpaired) electrons. The highest BCUT2D eigenvalue weighted by Gasteiger charge is 2.10. The number of amides is 1. The van der Waals surface area contributed by atoms with Crippen LogP contribution < -0.4 is 10.1 Å². The summed E-state index contributed by atoms with van der Waals surface area (Å²) in [6.07, 6.45) is 5.15. The lowest BCUT2D eigenvalue weighted by Gasteiger charge is -2.06. The summed E-state index contributed by atoms with van der Waals surface area (Å²) >= 11 is 0. The van der Waals surface area contributed by atoms with E-state index in [-0.39, 0.29) is 23.0 Å². The van der Waals surface area contributed by atoms with E-state index < -0.39 is 0 Å². The molecule has 2 rings (SSSR count). The minimum absolute atomic E-state index is 0.131. The number of unbranched alkanes of at least 4 members (excludes halogenated alkanes) is 1. The highest BCUT2D eigenvalue weighted by Crippen LogP contribution is 2.23. The van der Waals surface area contributed by atoms with Crippen LogP contribution in [0.1, 0.15) is 42.6 Å². The van der Waals surface area contributed by atoms with E-state index in [4.69, 9.17) is 4.74 Å². The summed E-state index contributed by atoms with van der Waals surface area (Å²) in [6, 6.07) is 11.8. The molecule has 1 amide bonds. The first-order valence-electron chi connectivity index (χ1n) is 8.55. The molecule has 5 nitrogen and oxygen atoms in total. The zero-order valence-electron chi connectivity index (χ0n) is 15.0. The van der Waals surface area contributed by atoms with Gasteiger partial charge in [0.15, 0.2) is 5.78 Å². The van der Waals surface area contributed by atoms with Gasteiger partial charge in [0.05, 0.1) is 12.2 Å². The Labute approximate surface area is 153 Å². The van der Waals surface area contributed by atoms with Crippen LogP contribution in [-0.4, -0.2) is 23.4 Å². The highest BCUT2D eigenvalue weighted by molar-refractivity contribution is 6.09. The lowest BCUT2D eigenvalue weighted by Crippen LogP contribution is -2.06. The number of ketones is 1. The second-order valence-corrected chi connectivity index (χ2v) is 5.88. The van der Waals surface area contributed by atoms with Gasteiger partial charge in [-0.25, -0.2) is 0 Å². The number of aromatic hydroxyl groups is 1. The lowest BCUT2D eigenvalue weighted by molar-refractivity contribution is -0.114. The number of benzene rings is 2. The van der Waals surface area contributed by atoms with Crippen LogP contribution in [-0.2, 0) is 4.79 Å². The first-order valence-corrected chi connectivity index (χ1v) is 8.55. The SMILES string of the molecule is CCCCOc1ccc(/C=C/C(=O)c2cc(NC(C)=O)ccc2O)cc1. The van der Waals surface area contributed by atoms with Crippen LogP contribution in [0.2, 0.25) is 0 Å². The Balaban J connectivity index is 2.05. The molecule has 0 unspecified atom stereocenters. The van der Waals surface area contributed by atoms with Crippen molar-refractivity contribution in [2.75, 3.05) is 11.9 Å². The Morgan fingerprint density at radius 2 is 1.88 bits per heavy atom. The van der Waals surface area contributed by atoms with Gasteiger partial charge in [0.1, 0.15) is 11.5 Å². The number of phenols is 1. The normalized spacial score (nSPS) is 10.7. The minimum Gasteiger partial charge on any atom is -0.507 e. The standard InChI is InChI=1S/C21H23NO4/c1-3-4-13-26-18-9-5-16(6-10-18)7-11-20(24)19-14-17(22-15(2)23)8-12-21(19)25/h5-12,14,25H,3-4,13H2,1-2H3,(H,22,23)/b11-7+. The molecule has 0 saturated heterocycles. The van der Waals surface area contributed by atoms with E-state index in [2.05, 4.69) is 12.2 Å². The molecule has 2 aromatic rings. The molecular weight excluding hydrogens is 330 g/mol. The third-order valence-corrected chi connectivity index (χ3v) is 3.66. The van der Waals surface area contributed by atoms with E-state index in [1.807, 2.05) is 24.3 Å². The molecule has 0 aliphatic heterocycles. The van der Waals surface area contributed by atoms with E-state index in [0.717, 1.165) is 24.2 Å². The first-order chi connectivity index (χ1) is 12.5. The molecule has 0 atom stereocenters. The van der Waals surface area contributed by atoms with Gasteiger partial charge in [-0.05, 0) is 48.4 Å². The predicted octanol–water partition coefficient (Wildman–Crippen LogP) is 4.43. The number of hydrogen-bond acceptors (Lipinski definition) is 4. The smallest absolute Gasteiger partial charge is 0.221 e. The number of hydrogen-bond donors (Lipinski definition) is 2. The molecule has 0 aromatic heterocycles. The van der Waals surface area contributed by atoms with Crippen molar-refractivity contribution >= 4 is 23.5 Å². The number of anilines is 1. The number of carbonyl (C=O) groups excluding carboxylic acids is 2. The van der Waals surface area contributed by atoms with E-state index >= 15 is 0 Å². The van der Waals surface area contributed by atoms with Crippen LogP contribution >= 0.6 is 0 Å². The average molecular weight is 353 g/mol. The van der Waals surface area contributed by atoms with Crippen molar-refractivity contribution in [1.29, 1.82) is 0 Å². The maximum Gasteiger partial charge on any atom is 0.221 e. The van der Waals surface area contributed by atoms with E-state index in [1.165, 1.54) is 31.2 Å². The molecule has 26 heavy (non-hydrogen) atoms. The molecule has 0 spiro atoms. The van der Waals surface area contributed by atoms with Crippen molar-refractivity contribution in [3.63, 3.8) is 0 Å².